The molecular formula is C15H16BrNO2S. The average molecular weight is 354 g/mol. The van der Waals surface area contributed by atoms with E-state index in [2.05, 4.69) is 15.9 Å². The second-order valence-corrected chi connectivity index (χ2v) is 7.15. The molecule has 0 radical (unpaired) electrons. The summed E-state index contributed by atoms with van der Waals surface area (Å²) in [5.74, 6) is 0. The van der Waals surface area contributed by atoms with Crippen molar-refractivity contribution in [3.05, 3.63) is 60.2 Å². The Morgan fingerprint density at radius 3 is 2.15 bits per heavy atom. The SMILES string of the molecule is CN(c1ccccc1)S(=O)(=O)c1ccc(CCBr)cc1. The summed E-state index contributed by atoms with van der Waals surface area (Å²) < 4.78 is 26.3. The molecule has 0 spiro atoms. The van der Waals surface area contributed by atoms with Crippen LogP contribution in [0.5, 0.6) is 0 Å². The van der Waals surface area contributed by atoms with Crippen molar-refractivity contribution in [3.8, 4) is 0 Å². The van der Waals surface area contributed by atoms with Gasteiger partial charge in [0.2, 0.25) is 0 Å². The molecule has 0 unspecified atom stereocenters. The Hall–Kier alpha value is -1.33. The number of nitrogens with zero attached hydrogens (tertiary/aromatic N) is 1. The van der Waals surface area contributed by atoms with Gasteiger partial charge in [0.15, 0.2) is 0 Å². The molecule has 0 atom stereocenters. The normalized spacial score (nSPS) is 11.3. The summed E-state index contributed by atoms with van der Waals surface area (Å²) >= 11 is 3.37. The van der Waals surface area contributed by atoms with Crippen LogP contribution in [0.15, 0.2) is 59.5 Å². The highest BCUT2D eigenvalue weighted by Gasteiger charge is 2.20. The number of aryl methyl sites for hydroxylation is 1. The van der Waals surface area contributed by atoms with Crippen LogP contribution in [0.4, 0.5) is 5.69 Å². The molecule has 5 heteroatoms. The fourth-order valence-electron chi connectivity index (χ4n) is 1.87. The first-order chi connectivity index (χ1) is 9.55. The van der Waals surface area contributed by atoms with Crippen LogP contribution in [0.2, 0.25) is 0 Å². The smallest absolute Gasteiger partial charge is 0.264 e. The van der Waals surface area contributed by atoms with E-state index in [-0.39, 0.29) is 0 Å². The first kappa shape index (κ1) is 15.1. The predicted octanol–water partition coefficient (Wildman–Crippen LogP) is 3.45. The van der Waals surface area contributed by atoms with Gasteiger partial charge in [-0.2, -0.15) is 0 Å². The Morgan fingerprint density at radius 2 is 1.60 bits per heavy atom. The lowest BCUT2D eigenvalue weighted by Gasteiger charge is -2.19. The van der Waals surface area contributed by atoms with E-state index in [0.29, 0.717) is 10.6 Å². The fraction of sp³-hybridized carbons (Fsp3) is 0.200. The number of hydrogen-bond acceptors (Lipinski definition) is 2. The van der Waals surface area contributed by atoms with Crippen LogP contribution < -0.4 is 4.31 Å². The van der Waals surface area contributed by atoms with Gasteiger partial charge >= 0.3 is 0 Å². The van der Waals surface area contributed by atoms with Crippen LogP contribution in [0.1, 0.15) is 5.56 Å². The summed E-state index contributed by atoms with van der Waals surface area (Å²) in [5.41, 5.74) is 1.76. The highest BCUT2D eigenvalue weighted by molar-refractivity contribution is 9.09. The molecule has 3 nitrogen and oxygen atoms in total. The maximum Gasteiger partial charge on any atom is 0.264 e. The third-order valence-electron chi connectivity index (χ3n) is 3.08. The molecule has 0 saturated heterocycles. The maximum atomic E-state index is 12.5. The molecule has 0 fully saturated rings. The Morgan fingerprint density at radius 1 is 1.00 bits per heavy atom. The van der Waals surface area contributed by atoms with Gasteiger partial charge in [0.25, 0.3) is 10.0 Å². The van der Waals surface area contributed by atoms with Gasteiger partial charge in [-0.25, -0.2) is 8.42 Å². The molecular weight excluding hydrogens is 338 g/mol. The Balaban J connectivity index is 2.30. The number of halogens is 1. The van der Waals surface area contributed by atoms with Crippen LogP contribution in [0.3, 0.4) is 0 Å². The van der Waals surface area contributed by atoms with Crippen molar-refractivity contribution in [1.82, 2.24) is 0 Å². The van der Waals surface area contributed by atoms with E-state index >= 15 is 0 Å². The molecule has 0 amide bonds. The van der Waals surface area contributed by atoms with Crippen molar-refractivity contribution >= 4 is 31.6 Å². The molecule has 0 aliphatic heterocycles. The van der Waals surface area contributed by atoms with Gasteiger partial charge in [0.05, 0.1) is 10.6 Å². The largest absolute Gasteiger partial charge is 0.269 e. The van der Waals surface area contributed by atoms with Gasteiger partial charge in [0.1, 0.15) is 0 Å². The molecule has 20 heavy (non-hydrogen) atoms. The Kier molecular flexibility index (Phi) is 4.83. The monoisotopic (exact) mass is 353 g/mol. The van der Waals surface area contributed by atoms with Gasteiger partial charge in [-0.05, 0) is 36.2 Å². The van der Waals surface area contributed by atoms with E-state index in [1.54, 1.807) is 31.3 Å². The van der Waals surface area contributed by atoms with Crippen molar-refractivity contribution in [2.24, 2.45) is 0 Å². The van der Waals surface area contributed by atoms with Gasteiger partial charge in [-0.3, -0.25) is 4.31 Å². The van der Waals surface area contributed by atoms with Crippen molar-refractivity contribution in [2.45, 2.75) is 11.3 Å². The number of sulfonamides is 1. The molecule has 0 N–H and O–H groups in total. The van der Waals surface area contributed by atoms with E-state index in [9.17, 15) is 8.42 Å². The number of alkyl halides is 1. The molecule has 0 aliphatic carbocycles. The first-order valence-electron chi connectivity index (χ1n) is 6.24. The van der Waals surface area contributed by atoms with Gasteiger partial charge in [-0.1, -0.05) is 46.3 Å². The lowest BCUT2D eigenvalue weighted by atomic mass is 10.2. The topological polar surface area (TPSA) is 37.4 Å². The molecule has 106 valence electrons. The zero-order chi connectivity index (χ0) is 14.6. The molecule has 2 aromatic rings. The highest BCUT2D eigenvalue weighted by atomic mass is 79.9. The molecule has 2 rings (SSSR count). The maximum absolute atomic E-state index is 12.5. The summed E-state index contributed by atoms with van der Waals surface area (Å²) in [6.07, 6.45) is 0.884. The highest BCUT2D eigenvalue weighted by Crippen LogP contribution is 2.21. The van der Waals surface area contributed by atoms with Crippen LogP contribution in [0.25, 0.3) is 0 Å². The van der Waals surface area contributed by atoms with E-state index in [0.717, 1.165) is 17.3 Å². The van der Waals surface area contributed by atoms with Gasteiger partial charge in [-0.15, -0.1) is 0 Å². The number of rotatable bonds is 5. The Labute approximate surface area is 128 Å². The summed E-state index contributed by atoms with van der Waals surface area (Å²) in [6.45, 7) is 0. The second kappa shape index (κ2) is 6.41. The molecule has 0 bridgehead atoms. The van der Waals surface area contributed by atoms with Crippen molar-refractivity contribution in [3.63, 3.8) is 0 Å². The number of benzene rings is 2. The van der Waals surface area contributed by atoms with Crippen LogP contribution >= 0.6 is 15.9 Å². The Bertz CT molecular complexity index is 654. The molecule has 0 aliphatic rings. The summed E-state index contributed by atoms with van der Waals surface area (Å²) in [7, 11) is -1.94. The first-order valence-corrected chi connectivity index (χ1v) is 8.81. The molecule has 0 aromatic heterocycles. The summed E-state index contributed by atoms with van der Waals surface area (Å²) in [6, 6.07) is 16.1. The third-order valence-corrected chi connectivity index (χ3v) is 5.28. The summed E-state index contributed by atoms with van der Waals surface area (Å²) in [4.78, 5) is 0.308. The van der Waals surface area contributed by atoms with Crippen LogP contribution in [-0.4, -0.2) is 20.8 Å². The minimum Gasteiger partial charge on any atom is -0.269 e. The third kappa shape index (κ3) is 3.22. The fourth-order valence-corrected chi connectivity index (χ4v) is 3.53. The van der Waals surface area contributed by atoms with E-state index in [1.807, 2.05) is 30.3 Å². The van der Waals surface area contributed by atoms with Gasteiger partial charge < -0.3 is 0 Å². The second-order valence-electron chi connectivity index (χ2n) is 4.39. The number of para-hydroxylation sites is 1. The molecule has 0 heterocycles. The minimum absolute atomic E-state index is 0.308. The predicted molar refractivity (Wildman–Crippen MR) is 86.0 cm³/mol. The lowest BCUT2D eigenvalue weighted by Crippen LogP contribution is -2.26. The van der Waals surface area contributed by atoms with E-state index in [4.69, 9.17) is 0 Å². The lowest BCUT2D eigenvalue weighted by molar-refractivity contribution is 0.594. The molecule has 2 aromatic carbocycles. The number of anilines is 1. The van der Waals surface area contributed by atoms with Crippen molar-refractivity contribution < 1.29 is 8.42 Å². The van der Waals surface area contributed by atoms with E-state index < -0.39 is 10.0 Å². The summed E-state index contributed by atoms with van der Waals surface area (Å²) in [5, 5.41) is 0.864. The quantitative estimate of drug-likeness (QED) is 0.772. The zero-order valence-corrected chi connectivity index (χ0v) is 13.6. The average Bonchev–Trinajstić information content (AvgIpc) is 2.48. The van der Waals surface area contributed by atoms with Gasteiger partial charge in [0, 0.05) is 12.4 Å². The van der Waals surface area contributed by atoms with Crippen LogP contribution in [0, 0.1) is 0 Å². The standard InChI is InChI=1S/C15H16BrNO2S/c1-17(14-5-3-2-4-6-14)20(18,19)15-9-7-13(8-10-15)11-12-16/h2-10H,11-12H2,1H3. The van der Waals surface area contributed by atoms with Crippen LogP contribution in [-0.2, 0) is 16.4 Å². The van der Waals surface area contributed by atoms with Crippen molar-refractivity contribution in [2.75, 3.05) is 16.7 Å². The van der Waals surface area contributed by atoms with E-state index in [1.165, 1.54) is 4.31 Å². The minimum atomic E-state index is -3.50. The number of hydrogen-bond donors (Lipinski definition) is 0. The molecule has 0 saturated carbocycles. The zero-order valence-electron chi connectivity index (χ0n) is 11.2. The van der Waals surface area contributed by atoms with Crippen molar-refractivity contribution in [1.29, 1.82) is 0 Å².